The maximum absolute atomic E-state index is 12.4. The molecule has 0 fully saturated rings. The van der Waals surface area contributed by atoms with E-state index >= 15 is 0 Å². The summed E-state index contributed by atoms with van der Waals surface area (Å²) >= 11 is 0. The van der Waals surface area contributed by atoms with E-state index in [1.807, 2.05) is 53.9 Å². The van der Waals surface area contributed by atoms with Gasteiger partial charge in [-0.05, 0) is 55.3 Å². The molecule has 2 heterocycles. The van der Waals surface area contributed by atoms with Gasteiger partial charge in [0.25, 0.3) is 0 Å². The molecule has 0 radical (unpaired) electrons. The molecule has 1 N–H and O–H groups in total. The number of unbranched alkanes of at least 4 members (excludes halogenated alkanes) is 2. The van der Waals surface area contributed by atoms with Crippen LogP contribution in [0.15, 0.2) is 42.6 Å². The topological polar surface area (TPSA) is 55.6 Å². The summed E-state index contributed by atoms with van der Waals surface area (Å²) in [6.45, 7) is 4.16. The van der Waals surface area contributed by atoms with E-state index in [4.69, 9.17) is 9.72 Å². The van der Waals surface area contributed by atoms with Crippen LogP contribution in [-0.4, -0.2) is 22.4 Å². The third-order valence-corrected chi connectivity index (χ3v) is 4.41. The van der Waals surface area contributed by atoms with E-state index in [1.165, 1.54) is 0 Å². The second kappa shape index (κ2) is 8.04. The van der Waals surface area contributed by atoms with E-state index in [2.05, 4.69) is 12.2 Å². The largest absolute Gasteiger partial charge is 0.497 e. The highest BCUT2D eigenvalue weighted by Crippen LogP contribution is 2.30. The number of pyridine rings is 1. The van der Waals surface area contributed by atoms with Crippen LogP contribution in [0.5, 0.6) is 5.75 Å². The SMILES string of the molecule is CCCCCC(=O)Nc1c(-c2ccc(OC)cc2)nc2cc(C)ccn12. The van der Waals surface area contributed by atoms with Gasteiger partial charge >= 0.3 is 0 Å². The van der Waals surface area contributed by atoms with Gasteiger partial charge in [-0.15, -0.1) is 0 Å². The fourth-order valence-corrected chi connectivity index (χ4v) is 2.95. The minimum Gasteiger partial charge on any atom is -0.497 e. The highest BCUT2D eigenvalue weighted by Gasteiger charge is 2.16. The number of imidazole rings is 1. The average molecular weight is 351 g/mol. The molecule has 0 aliphatic heterocycles. The number of nitrogens with zero attached hydrogens (tertiary/aromatic N) is 2. The van der Waals surface area contributed by atoms with Crippen LogP contribution in [0.25, 0.3) is 16.9 Å². The van der Waals surface area contributed by atoms with Crippen molar-refractivity contribution >= 4 is 17.4 Å². The van der Waals surface area contributed by atoms with Crippen molar-refractivity contribution in [1.82, 2.24) is 9.38 Å². The number of hydrogen-bond acceptors (Lipinski definition) is 3. The maximum Gasteiger partial charge on any atom is 0.225 e. The van der Waals surface area contributed by atoms with Crippen LogP contribution in [0.3, 0.4) is 0 Å². The molecule has 26 heavy (non-hydrogen) atoms. The summed E-state index contributed by atoms with van der Waals surface area (Å²) in [7, 11) is 1.64. The van der Waals surface area contributed by atoms with E-state index in [9.17, 15) is 4.79 Å². The Morgan fingerprint density at radius 3 is 2.65 bits per heavy atom. The molecule has 1 amide bonds. The number of anilines is 1. The third kappa shape index (κ3) is 3.87. The van der Waals surface area contributed by atoms with E-state index < -0.39 is 0 Å². The van der Waals surface area contributed by atoms with Crippen LogP contribution < -0.4 is 10.1 Å². The lowest BCUT2D eigenvalue weighted by Gasteiger charge is -2.08. The Hall–Kier alpha value is -2.82. The van der Waals surface area contributed by atoms with E-state index in [-0.39, 0.29) is 5.91 Å². The number of carbonyl (C=O) groups excluding carboxylic acids is 1. The number of ether oxygens (including phenoxy) is 1. The Balaban J connectivity index is 1.99. The van der Waals surface area contributed by atoms with Crippen LogP contribution in [0, 0.1) is 6.92 Å². The molecular formula is C21H25N3O2. The van der Waals surface area contributed by atoms with Gasteiger partial charge in [-0.2, -0.15) is 0 Å². The first-order valence-electron chi connectivity index (χ1n) is 9.05. The molecule has 0 bridgehead atoms. The van der Waals surface area contributed by atoms with Gasteiger partial charge in [0.15, 0.2) is 0 Å². The summed E-state index contributed by atoms with van der Waals surface area (Å²) in [4.78, 5) is 17.2. The van der Waals surface area contributed by atoms with Crippen molar-refractivity contribution in [3.63, 3.8) is 0 Å². The molecule has 0 spiro atoms. The standard InChI is InChI=1S/C21H25N3O2/c1-4-5-6-7-19(25)23-21-20(16-8-10-17(26-3)11-9-16)22-18-14-15(2)12-13-24(18)21/h8-14H,4-7H2,1-3H3,(H,23,25). The van der Waals surface area contributed by atoms with Crippen molar-refractivity contribution in [2.45, 2.75) is 39.5 Å². The Morgan fingerprint density at radius 1 is 1.19 bits per heavy atom. The molecular weight excluding hydrogens is 326 g/mol. The molecule has 0 saturated carbocycles. The smallest absolute Gasteiger partial charge is 0.225 e. The number of aromatic nitrogens is 2. The third-order valence-electron chi connectivity index (χ3n) is 4.41. The Labute approximate surface area is 154 Å². The second-order valence-electron chi connectivity index (χ2n) is 6.48. The second-order valence-corrected chi connectivity index (χ2v) is 6.48. The molecule has 0 saturated heterocycles. The molecule has 0 aliphatic rings. The molecule has 0 aliphatic carbocycles. The molecule has 1 aromatic carbocycles. The summed E-state index contributed by atoms with van der Waals surface area (Å²) in [5.41, 5.74) is 3.65. The van der Waals surface area contributed by atoms with Crippen molar-refractivity contribution in [1.29, 1.82) is 0 Å². The molecule has 5 heteroatoms. The normalized spacial score (nSPS) is 10.9. The average Bonchev–Trinajstić information content (AvgIpc) is 2.99. The van der Waals surface area contributed by atoms with Gasteiger partial charge in [0.05, 0.1) is 7.11 Å². The lowest BCUT2D eigenvalue weighted by Crippen LogP contribution is -2.13. The predicted molar refractivity (Wildman–Crippen MR) is 105 cm³/mol. The fraction of sp³-hybridized carbons (Fsp3) is 0.333. The highest BCUT2D eigenvalue weighted by atomic mass is 16.5. The Kier molecular flexibility index (Phi) is 5.56. The molecule has 5 nitrogen and oxygen atoms in total. The van der Waals surface area contributed by atoms with Crippen molar-refractivity contribution in [3.05, 3.63) is 48.2 Å². The van der Waals surface area contributed by atoms with Gasteiger partial charge in [0.1, 0.15) is 22.9 Å². The van der Waals surface area contributed by atoms with Gasteiger partial charge in [0, 0.05) is 18.2 Å². The number of fused-ring (bicyclic) bond motifs is 1. The summed E-state index contributed by atoms with van der Waals surface area (Å²) in [6, 6.07) is 11.7. The van der Waals surface area contributed by atoms with Crippen molar-refractivity contribution in [2.75, 3.05) is 12.4 Å². The van der Waals surface area contributed by atoms with E-state index in [0.717, 1.165) is 47.5 Å². The van der Waals surface area contributed by atoms with Gasteiger partial charge in [0.2, 0.25) is 5.91 Å². The number of benzene rings is 1. The van der Waals surface area contributed by atoms with Crippen molar-refractivity contribution < 1.29 is 9.53 Å². The van der Waals surface area contributed by atoms with Crippen LogP contribution in [0.1, 0.15) is 38.2 Å². The molecule has 136 valence electrons. The van der Waals surface area contributed by atoms with Crippen LogP contribution >= 0.6 is 0 Å². The first-order valence-corrected chi connectivity index (χ1v) is 9.05. The highest BCUT2D eigenvalue weighted by molar-refractivity contribution is 5.94. The minimum atomic E-state index is 0.0237. The first kappa shape index (κ1) is 18.0. The fourth-order valence-electron chi connectivity index (χ4n) is 2.95. The lowest BCUT2D eigenvalue weighted by atomic mass is 10.1. The van der Waals surface area contributed by atoms with Gasteiger partial charge in [-0.3, -0.25) is 9.20 Å². The molecule has 3 aromatic rings. The van der Waals surface area contributed by atoms with Crippen LogP contribution in [-0.2, 0) is 4.79 Å². The zero-order valence-electron chi connectivity index (χ0n) is 15.6. The molecule has 0 unspecified atom stereocenters. The number of methoxy groups -OCH3 is 1. The number of amides is 1. The zero-order chi connectivity index (χ0) is 18.5. The number of aryl methyl sites for hydroxylation is 1. The van der Waals surface area contributed by atoms with Gasteiger partial charge in [-0.25, -0.2) is 4.98 Å². The molecule has 0 atom stereocenters. The Morgan fingerprint density at radius 2 is 1.96 bits per heavy atom. The monoisotopic (exact) mass is 351 g/mol. The van der Waals surface area contributed by atoms with Crippen LogP contribution in [0.2, 0.25) is 0 Å². The molecule has 2 aromatic heterocycles. The lowest BCUT2D eigenvalue weighted by molar-refractivity contribution is -0.116. The Bertz CT molecular complexity index is 898. The number of nitrogens with one attached hydrogen (secondary N) is 1. The van der Waals surface area contributed by atoms with Crippen molar-refractivity contribution in [2.24, 2.45) is 0 Å². The van der Waals surface area contributed by atoms with E-state index in [1.54, 1.807) is 7.11 Å². The number of rotatable bonds is 7. The van der Waals surface area contributed by atoms with E-state index in [0.29, 0.717) is 12.2 Å². The minimum absolute atomic E-state index is 0.0237. The summed E-state index contributed by atoms with van der Waals surface area (Å²) in [6.07, 6.45) is 5.53. The van der Waals surface area contributed by atoms with Crippen molar-refractivity contribution in [3.8, 4) is 17.0 Å². The maximum atomic E-state index is 12.4. The first-order chi connectivity index (χ1) is 12.6. The summed E-state index contributed by atoms with van der Waals surface area (Å²) in [5, 5.41) is 3.07. The number of carbonyl (C=O) groups is 1. The van der Waals surface area contributed by atoms with Crippen LogP contribution in [0.4, 0.5) is 5.82 Å². The molecule has 3 rings (SSSR count). The zero-order valence-corrected chi connectivity index (χ0v) is 15.6. The summed E-state index contributed by atoms with van der Waals surface area (Å²) < 4.78 is 7.17. The summed E-state index contributed by atoms with van der Waals surface area (Å²) in [5.74, 6) is 1.53. The number of hydrogen-bond donors (Lipinski definition) is 1. The quantitative estimate of drug-likeness (QED) is 0.620. The van der Waals surface area contributed by atoms with Gasteiger partial charge in [-0.1, -0.05) is 19.8 Å². The predicted octanol–water partition coefficient (Wildman–Crippen LogP) is 4.84. The van der Waals surface area contributed by atoms with Gasteiger partial charge < -0.3 is 10.1 Å².